The summed E-state index contributed by atoms with van der Waals surface area (Å²) in [5.41, 5.74) is 0. The molecule has 1 aromatic rings. The van der Waals surface area contributed by atoms with Crippen molar-refractivity contribution in [1.82, 2.24) is 10.6 Å². The van der Waals surface area contributed by atoms with Crippen molar-refractivity contribution in [3.63, 3.8) is 0 Å². The van der Waals surface area contributed by atoms with Gasteiger partial charge in [-0.05, 0) is 26.5 Å². The van der Waals surface area contributed by atoms with Gasteiger partial charge in [-0.25, -0.2) is 0 Å². The van der Waals surface area contributed by atoms with Gasteiger partial charge in [-0.15, -0.1) is 11.3 Å². The highest BCUT2D eigenvalue weighted by Crippen LogP contribution is 2.30. The van der Waals surface area contributed by atoms with E-state index in [2.05, 4.69) is 15.4 Å². The molecule has 0 bridgehead atoms. The number of thiophene rings is 1. The van der Waals surface area contributed by atoms with Crippen LogP contribution in [0.15, 0.2) is 6.07 Å². The van der Waals surface area contributed by atoms with Gasteiger partial charge in [-0.1, -0.05) is 6.92 Å². The monoisotopic (exact) mass is 292 g/mol. The van der Waals surface area contributed by atoms with Crippen molar-refractivity contribution in [2.75, 3.05) is 13.1 Å². The number of alkyl halides is 2. The first kappa shape index (κ1) is 15.8. The van der Waals surface area contributed by atoms with Gasteiger partial charge >= 0.3 is 6.61 Å². The number of amides is 1. The van der Waals surface area contributed by atoms with Crippen molar-refractivity contribution < 1.29 is 18.3 Å². The topological polar surface area (TPSA) is 50.4 Å². The molecule has 108 valence electrons. The van der Waals surface area contributed by atoms with E-state index in [0.29, 0.717) is 6.54 Å². The average Bonchev–Trinajstić information content (AvgIpc) is 2.66. The summed E-state index contributed by atoms with van der Waals surface area (Å²) in [5.74, 6) is -0.454. The first-order valence-electron chi connectivity index (χ1n) is 6.00. The summed E-state index contributed by atoms with van der Waals surface area (Å²) in [6, 6.07) is 1.56. The van der Waals surface area contributed by atoms with Gasteiger partial charge in [-0.3, -0.25) is 4.79 Å². The maximum absolute atomic E-state index is 12.2. The van der Waals surface area contributed by atoms with Gasteiger partial charge < -0.3 is 15.4 Å². The second-order valence-corrected chi connectivity index (χ2v) is 5.35. The maximum Gasteiger partial charge on any atom is 0.387 e. The molecule has 7 heteroatoms. The van der Waals surface area contributed by atoms with E-state index in [9.17, 15) is 13.6 Å². The van der Waals surface area contributed by atoms with Crippen LogP contribution in [0.1, 0.15) is 28.4 Å². The zero-order valence-corrected chi connectivity index (χ0v) is 11.9. The highest BCUT2D eigenvalue weighted by molar-refractivity contribution is 7.14. The molecule has 0 saturated heterocycles. The van der Waals surface area contributed by atoms with Gasteiger partial charge in [0.05, 0.1) is 0 Å². The second-order valence-electron chi connectivity index (χ2n) is 4.10. The summed E-state index contributed by atoms with van der Waals surface area (Å²) < 4.78 is 28.8. The van der Waals surface area contributed by atoms with Crippen LogP contribution in [0.5, 0.6) is 5.75 Å². The number of carbonyl (C=O) groups excluding carboxylic acids is 1. The van der Waals surface area contributed by atoms with Crippen molar-refractivity contribution in [2.24, 2.45) is 0 Å². The average molecular weight is 292 g/mol. The van der Waals surface area contributed by atoms with Crippen LogP contribution < -0.4 is 15.4 Å². The zero-order chi connectivity index (χ0) is 14.4. The lowest BCUT2D eigenvalue weighted by atomic mass is 10.3. The van der Waals surface area contributed by atoms with Crippen molar-refractivity contribution in [2.45, 2.75) is 33.4 Å². The van der Waals surface area contributed by atoms with Crippen LogP contribution in [0.3, 0.4) is 0 Å². The molecule has 0 unspecified atom stereocenters. The van der Waals surface area contributed by atoms with Gasteiger partial charge in [0.2, 0.25) is 0 Å². The van der Waals surface area contributed by atoms with Gasteiger partial charge in [0.1, 0.15) is 10.6 Å². The third-order valence-electron chi connectivity index (χ3n) is 2.36. The Kier molecular flexibility index (Phi) is 6.17. The molecule has 0 aliphatic carbocycles. The number of likely N-dealkylation sites (N-methyl/N-ethyl adjacent to an activating group) is 1. The van der Waals surface area contributed by atoms with Crippen molar-refractivity contribution in [3.05, 3.63) is 15.8 Å². The van der Waals surface area contributed by atoms with E-state index in [-0.39, 0.29) is 16.7 Å². The molecule has 0 spiro atoms. The molecule has 4 nitrogen and oxygen atoms in total. The standard InChI is InChI=1S/C12H18F2N2O2S/c1-4-15-7(2)6-16-11(17)10-9(18-12(13)14)5-8(3)19-10/h5,7,12,15H,4,6H2,1-3H3,(H,16,17)/t7-/m1/s1. The Morgan fingerprint density at radius 2 is 2.21 bits per heavy atom. The SMILES string of the molecule is CCN[C@H](C)CNC(=O)c1sc(C)cc1OC(F)F. The number of carbonyl (C=O) groups is 1. The predicted octanol–water partition coefficient (Wildman–Crippen LogP) is 2.39. The summed E-state index contributed by atoms with van der Waals surface area (Å²) in [6.07, 6.45) is 0. The lowest BCUT2D eigenvalue weighted by Gasteiger charge is -2.13. The number of halogens is 2. The highest BCUT2D eigenvalue weighted by atomic mass is 32.1. The summed E-state index contributed by atoms with van der Waals surface area (Å²) in [6.45, 7) is 3.93. The molecule has 0 aromatic carbocycles. The molecule has 1 heterocycles. The molecule has 1 rings (SSSR count). The Morgan fingerprint density at radius 3 is 2.79 bits per heavy atom. The van der Waals surface area contributed by atoms with Crippen LogP contribution >= 0.6 is 11.3 Å². The Bertz CT molecular complexity index is 424. The molecule has 0 saturated carbocycles. The molecule has 19 heavy (non-hydrogen) atoms. The Labute approximate surface area is 115 Å². The van der Waals surface area contributed by atoms with E-state index in [1.807, 2.05) is 13.8 Å². The zero-order valence-electron chi connectivity index (χ0n) is 11.1. The van der Waals surface area contributed by atoms with Crippen molar-refractivity contribution in [1.29, 1.82) is 0 Å². The van der Waals surface area contributed by atoms with Crippen LogP contribution in [0.25, 0.3) is 0 Å². The van der Waals surface area contributed by atoms with Crippen molar-refractivity contribution in [3.8, 4) is 5.75 Å². The van der Waals surface area contributed by atoms with Crippen LogP contribution in [0.4, 0.5) is 8.78 Å². The minimum atomic E-state index is -2.93. The van der Waals surface area contributed by atoms with Gasteiger partial charge in [0.15, 0.2) is 0 Å². The normalized spacial score (nSPS) is 12.5. The lowest BCUT2D eigenvalue weighted by molar-refractivity contribution is -0.0498. The van der Waals surface area contributed by atoms with Gasteiger partial charge in [0.25, 0.3) is 5.91 Å². The minimum absolute atomic E-state index is 0.0638. The predicted molar refractivity (Wildman–Crippen MR) is 71.2 cm³/mol. The van der Waals surface area contributed by atoms with Crippen LogP contribution in [-0.4, -0.2) is 31.7 Å². The van der Waals surface area contributed by atoms with E-state index < -0.39 is 12.5 Å². The van der Waals surface area contributed by atoms with E-state index >= 15 is 0 Å². The fraction of sp³-hybridized carbons (Fsp3) is 0.583. The molecule has 1 aromatic heterocycles. The second kappa shape index (κ2) is 7.40. The van der Waals surface area contributed by atoms with E-state index in [4.69, 9.17) is 0 Å². The number of hydrogen-bond donors (Lipinski definition) is 2. The van der Waals surface area contributed by atoms with Crippen LogP contribution in [-0.2, 0) is 0 Å². The maximum atomic E-state index is 12.2. The van der Waals surface area contributed by atoms with E-state index in [1.165, 1.54) is 6.07 Å². The highest BCUT2D eigenvalue weighted by Gasteiger charge is 2.19. The molecule has 0 aliphatic heterocycles. The van der Waals surface area contributed by atoms with Gasteiger partial charge in [0, 0.05) is 17.5 Å². The minimum Gasteiger partial charge on any atom is -0.433 e. The molecular formula is C12H18F2N2O2S. The summed E-state index contributed by atoms with van der Waals surface area (Å²) in [7, 11) is 0. The summed E-state index contributed by atoms with van der Waals surface area (Å²) in [5, 5.41) is 5.84. The van der Waals surface area contributed by atoms with E-state index in [1.54, 1.807) is 6.92 Å². The Morgan fingerprint density at radius 1 is 1.53 bits per heavy atom. The number of rotatable bonds is 7. The van der Waals surface area contributed by atoms with E-state index in [0.717, 1.165) is 22.8 Å². The lowest BCUT2D eigenvalue weighted by Crippen LogP contribution is -2.38. The molecule has 1 amide bonds. The van der Waals surface area contributed by atoms with Crippen molar-refractivity contribution >= 4 is 17.2 Å². The fourth-order valence-corrected chi connectivity index (χ4v) is 2.44. The Hall–Kier alpha value is -1.21. The summed E-state index contributed by atoms with van der Waals surface area (Å²) >= 11 is 1.14. The molecule has 0 aliphatic rings. The molecule has 2 N–H and O–H groups in total. The number of aryl methyl sites for hydroxylation is 1. The quantitative estimate of drug-likeness (QED) is 0.811. The molecular weight excluding hydrogens is 274 g/mol. The number of ether oxygens (including phenoxy) is 1. The molecule has 0 radical (unpaired) electrons. The fourth-order valence-electron chi connectivity index (χ4n) is 1.58. The third-order valence-corrected chi connectivity index (χ3v) is 3.40. The van der Waals surface area contributed by atoms with Crippen LogP contribution in [0, 0.1) is 6.92 Å². The third kappa shape index (κ3) is 5.12. The number of hydrogen-bond acceptors (Lipinski definition) is 4. The smallest absolute Gasteiger partial charge is 0.387 e. The summed E-state index contributed by atoms with van der Waals surface area (Å²) in [4.78, 5) is 12.8. The first-order chi connectivity index (χ1) is 8.93. The van der Waals surface area contributed by atoms with Crippen LogP contribution in [0.2, 0.25) is 0 Å². The molecule has 1 atom stereocenters. The number of nitrogens with one attached hydrogen (secondary N) is 2. The molecule has 0 fully saturated rings. The first-order valence-corrected chi connectivity index (χ1v) is 6.82. The van der Waals surface area contributed by atoms with Gasteiger partial charge in [-0.2, -0.15) is 8.78 Å². The Balaban J connectivity index is 2.65. The largest absolute Gasteiger partial charge is 0.433 e.